The number of benzene rings is 2. The highest BCUT2D eigenvalue weighted by molar-refractivity contribution is 8.00. The highest BCUT2D eigenvalue weighted by Gasteiger charge is 2.26. The molecule has 1 amide bonds. The summed E-state index contributed by atoms with van der Waals surface area (Å²) >= 11 is 7.72. The lowest BCUT2D eigenvalue weighted by Crippen LogP contribution is -2.40. The molecule has 0 N–H and O–H groups in total. The maximum atomic E-state index is 12.9. The van der Waals surface area contributed by atoms with Crippen molar-refractivity contribution in [2.45, 2.75) is 30.0 Å². The van der Waals surface area contributed by atoms with Crippen LogP contribution in [0.25, 0.3) is 0 Å². The smallest absolute Gasteiger partial charge is 0.236 e. The molecule has 26 heavy (non-hydrogen) atoms. The van der Waals surface area contributed by atoms with Crippen molar-refractivity contribution in [2.75, 3.05) is 20.8 Å². The maximum absolute atomic E-state index is 12.9. The van der Waals surface area contributed by atoms with Gasteiger partial charge in [0.05, 0.1) is 24.5 Å². The number of carbonyl (C=O) groups excluding carboxylic acids is 1. The number of halogens is 1. The van der Waals surface area contributed by atoms with Crippen LogP contribution in [0.1, 0.15) is 18.1 Å². The van der Waals surface area contributed by atoms with Crippen LogP contribution in [-0.2, 0) is 17.8 Å². The largest absolute Gasteiger partial charge is 0.493 e. The first-order valence-corrected chi connectivity index (χ1v) is 9.73. The molecule has 4 nitrogen and oxygen atoms in total. The highest BCUT2D eigenvalue weighted by Crippen LogP contribution is 2.35. The fourth-order valence-corrected chi connectivity index (χ4v) is 4.35. The number of amides is 1. The van der Waals surface area contributed by atoms with Gasteiger partial charge in [-0.1, -0.05) is 23.7 Å². The third-order valence-electron chi connectivity index (χ3n) is 4.52. The van der Waals surface area contributed by atoms with E-state index in [1.165, 1.54) is 17.3 Å². The molecule has 0 saturated carbocycles. The number of hydrogen-bond acceptors (Lipinski definition) is 4. The van der Waals surface area contributed by atoms with E-state index >= 15 is 0 Å². The van der Waals surface area contributed by atoms with Gasteiger partial charge in [0.2, 0.25) is 5.91 Å². The molecule has 0 saturated heterocycles. The number of carbonyl (C=O) groups is 1. The molecule has 1 aliphatic rings. The fourth-order valence-electron chi connectivity index (χ4n) is 3.11. The summed E-state index contributed by atoms with van der Waals surface area (Å²) in [6, 6.07) is 11.6. The molecule has 2 aromatic carbocycles. The summed E-state index contributed by atoms with van der Waals surface area (Å²) in [6.45, 7) is 3.22. The van der Waals surface area contributed by atoms with Crippen LogP contribution in [0.15, 0.2) is 41.3 Å². The van der Waals surface area contributed by atoms with E-state index in [-0.39, 0.29) is 11.2 Å². The standard InChI is InChI=1S/C20H22ClNO3S/c1-13(26-19-7-5-4-6-16(19)21)20(23)22-9-8-14-10-17(24-2)18(25-3)11-15(14)12-22/h4-7,10-11,13H,8-9,12H2,1-3H3. The van der Waals surface area contributed by atoms with E-state index in [2.05, 4.69) is 0 Å². The summed E-state index contributed by atoms with van der Waals surface area (Å²) in [5, 5.41) is 0.481. The van der Waals surface area contributed by atoms with Crippen molar-refractivity contribution in [1.82, 2.24) is 4.90 Å². The number of thioether (sulfide) groups is 1. The molecule has 138 valence electrons. The summed E-state index contributed by atoms with van der Waals surface area (Å²) in [7, 11) is 3.26. The van der Waals surface area contributed by atoms with E-state index in [1.54, 1.807) is 14.2 Å². The van der Waals surface area contributed by atoms with Gasteiger partial charge in [-0.3, -0.25) is 4.79 Å². The Labute approximate surface area is 163 Å². The lowest BCUT2D eigenvalue weighted by molar-refractivity contribution is -0.131. The molecule has 0 spiro atoms. The molecule has 3 rings (SSSR count). The van der Waals surface area contributed by atoms with Crippen molar-refractivity contribution < 1.29 is 14.3 Å². The Morgan fingerprint density at radius 3 is 2.46 bits per heavy atom. The van der Waals surface area contributed by atoms with Crippen LogP contribution in [0.3, 0.4) is 0 Å². The second-order valence-electron chi connectivity index (χ2n) is 6.18. The molecule has 1 unspecified atom stereocenters. The molecule has 1 atom stereocenters. The SMILES string of the molecule is COc1cc2c(cc1OC)CN(C(=O)C(C)Sc1ccccc1Cl)CC2. The minimum absolute atomic E-state index is 0.121. The van der Waals surface area contributed by atoms with Gasteiger partial charge in [-0.05, 0) is 48.7 Å². The van der Waals surface area contributed by atoms with Gasteiger partial charge in [-0.2, -0.15) is 0 Å². The molecular weight excluding hydrogens is 370 g/mol. The topological polar surface area (TPSA) is 38.8 Å². The van der Waals surface area contributed by atoms with E-state index in [1.807, 2.05) is 48.2 Å². The van der Waals surface area contributed by atoms with Crippen LogP contribution in [0.2, 0.25) is 5.02 Å². The number of hydrogen-bond donors (Lipinski definition) is 0. The predicted molar refractivity (Wildman–Crippen MR) is 105 cm³/mol. The second kappa shape index (κ2) is 8.23. The Balaban J connectivity index is 1.73. The van der Waals surface area contributed by atoms with Gasteiger partial charge in [-0.25, -0.2) is 0 Å². The first-order chi connectivity index (χ1) is 12.5. The number of rotatable bonds is 5. The lowest BCUT2D eigenvalue weighted by atomic mass is 9.98. The van der Waals surface area contributed by atoms with Crippen molar-refractivity contribution >= 4 is 29.3 Å². The molecule has 6 heteroatoms. The van der Waals surface area contributed by atoms with E-state index < -0.39 is 0 Å². The van der Waals surface area contributed by atoms with Gasteiger partial charge in [0.15, 0.2) is 11.5 Å². The van der Waals surface area contributed by atoms with Gasteiger partial charge in [0, 0.05) is 18.0 Å². The number of nitrogens with zero attached hydrogens (tertiary/aromatic N) is 1. The summed E-state index contributed by atoms with van der Waals surface area (Å²) in [5.41, 5.74) is 2.32. The molecule has 2 aromatic rings. The number of ether oxygens (including phenoxy) is 2. The third kappa shape index (κ3) is 3.94. The van der Waals surface area contributed by atoms with E-state index in [0.717, 1.165) is 22.6 Å². The first-order valence-electron chi connectivity index (χ1n) is 8.47. The zero-order valence-corrected chi connectivity index (χ0v) is 16.7. The van der Waals surface area contributed by atoms with Gasteiger partial charge in [0.25, 0.3) is 0 Å². The van der Waals surface area contributed by atoms with Crippen molar-refractivity contribution in [1.29, 1.82) is 0 Å². The van der Waals surface area contributed by atoms with Gasteiger partial charge in [-0.15, -0.1) is 11.8 Å². The number of fused-ring (bicyclic) bond motifs is 1. The minimum Gasteiger partial charge on any atom is -0.493 e. The van der Waals surface area contributed by atoms with Crippen LogP contribution in [0.5, 0.6) is 11.5 Å². The van der Waals surface area contributed by atoms with Crippen LogP contribution >= 0.6 is 23.4 Å². The summed E-state index contributed by atoms with van der Waals surface area (Å²) in [5.74, 6) is 1.54. The highest BCUT2D eigenvalue weighted by atomic mass is 35.5. The van der Waals surface area contributed by atoms with E-state index in [0.29, 0.717) is 23.9 Å². The van der Waals surface area contributed by atoms with Gasteiger partial charge in [0.1, 0.15) is 0 Å². The number of methoxy groups -OCH3 is 2. The summed E-state index contributed by atoms with van der Waals surface area (Å²) in [4.78, 5) is 15.7. The molecule has 0 radical (unpaired) electrons. The normalized spacial score (nSPS) is 14.5. The van der Waals surface area contributed by atoms with Crippen molar-refractivity contribution in [3.05, 3.63) is 52.5 Å². The van der Waals surface area contributed by atoms with Crippen molar-refractivity contribution in [3.63, 3.8) is 0 Å². The first kappa shape index (κ1) is 18.9. The Kier molecular flexibility index (Phi) is 5.99. The second-order valence-corrected chi connectivity index (χ2v) is 7.97. The van der Waals surface area contributed by atoms with Crippen LogP contribution in [0.4, 0.5) is 0 Å². The lowest BCUT2D eigenvalue weighted by Gasteiger charge is -2.31. The monoisotopic (exact) mass is 391 g/mol. The van der Waals surface area contributed by atoms with E-state index in [4.69, 9.17) is 21.1 Å². The van der Waals surface area contributed by atoms with E-state index in [9.17, 15) is 4.79 Å². The average Bonchev–Trinajstić information content (AvgIpc) is 2.67. The Bertz CT molecular complexity index is 812. The quantitative estimate of drug-likeness (QED) is 0.707. The van der Waals surface area contributed by atoms with Crippen molar-refractivity contribution in [3.8, 4) is 11.5 Å². The van der Waals surface area contributed by atoms with Gasteiger partial charge >= 0.3 is 0 Å². The molecule has 1 aliphatic heterocycles. The molecule has 0 aliphatic carbocycles. The molecule has 0 bridgehead atoms. The zero-order chi connectivity index (χ0) is 18.7. The van der Waals surface area contributed by atoms with Crippen molar-refractivity contribution in [2.24, 2.45) is 0 Å². The van der Waals surface area contributed by atoms with Crippen LogP contribution < -0.4 is 9.47 Å². The molecule has 0 fully saturated rings. The van der Waals surface area contributed by atoms with Gasteiger partial charge < -0.3 is 14.4 Å². The molecule has 1 heterocycles. The molecule has 0 aromatic heterocycles. The third-order valence-corrected chi connectivity index (χ3v) is 6.12. The predicted octanol–water partition coefficient (Wildman–Crippen LogP) is 4.42. The summed E-state index contributed by atoms with van der Waals surface area (Å²) in [6.07, 6.45) is 0.810. The van der Waals surface area contributed by atoms with Crippen LogP contribution in [-0.4, -0.2) is 36.8 Å². The maximum Gasteiger partial charge on any atom is 0.236 e. The average molecular weight is 392 g/mol. The zero-order valence-electron chi connectivity index (χ0n) is 15.1. The minimum atomic E-state index is -0.198. The Morgan fingerprint density at radius 1 is 1.15 bits per heavy atom. The Morgan fingerprint density at radius 2 is 1.81 bits per heavy atom. The molecular formula is C20H22ClNO3S. The summed E-state index contributed by atoms with van der Waals surface area (Å²) < 4.78 is 10.8. The van der Waals surface area contributed by atoms with Crippen LogP contribution in [0, 0.1) is 0 Å². The Hall–Kier alpha value is -1.85. The fraction of sp³-hybridized carbons (Fsp3) is 0.350.